The fraction of sp³-hybridized carbons (Fsp3) is 0.714. The Balaban J connectivity index is 0.00000200. The summed E-state index contributed by atoms with van der Waals surface area (Å²) in [6.07, 6.45) is 0.997. The molecule has 1 aromatic rings. The first-order chi connectivity index (χ1) is 8.89. The number of hydrogen-bond acceptors (Lipinski definition) is 4. The number of aromatic nitrogens is 1. The van der Waals surface area contributed by atoms with Gasteiger partial charge in [-0.15, -0.1) is 36.2 Å². The second-order valence-electron chi connectivity index (χ2n) is 6.33. The fourth-order valence-electron chi connectivity index (χ4n) is 2.40. The second kappa shape index (κ2) is 8.32. The molecule has 2 atom stereocenters. The minimum absolute atomic E-state index is 0. The van der Waals surface area contributed by atoms with Crippen LogP contribution in [-0.4, -0.2) is 30.0 Å². The van der Waals surface area contributed by atoms with Crippen molar-refractivity contribution in [2.45, 2.75) is 45.6 Å². The van der Waals surface area contributed by atoms with E-state index in [4.69, 9.17) is 0 Å². The molecule has 0 aliphatic carbocycles. The Hall–Kier alpha value is -0.360. The predicted molar refractivity (Wildman–Crippen MR) is 93.2 cm³/mol. The lowest BCUT2D eigenvalue weighted by Gasteiger charge is -2.30. The average Bonchev–Trinajstić information content (AvgIpc) is 2.81. The van der Waals surface area contributed by atoms with Crippen molar-refractivity contribution in [3.8, 4) is 0 Å². The van der Waals surface area contributed by atoms with Gasteiger partial charge in [0.25, 0.3) is 5.91 Å². The summed E-state index contributed by atoms with van der Waals surface area (Å²) >= 11 is 1.44. The van der Waals surface area contributed by atoms with Gasteiger partial charge >= 0.3 is 0 Å². The van der Waals surface area contributed by atoms with Gasteiger partial charge in [-0.05, 0) is 25.4 Å². The van der Waals surface area contributed by atoms with E-state index in [0.717, 1.165) is 30.1 Å². The summed E-state index contributed by atoms with van der Waals surface area (Å²) in [5.41, 5.74) is 2.57. The van der Waals surface area contributed by atoms with Crippen LogP contribution in [0.2, 0.25) is 0 Å². The average molecular weight is 354 g/mol. The molecule has 122 valence electrons. The van der Waals surface area contributed by atoms with Gasteiger partial charge in [-0.2, -0.15) is 0 Å². The highest BCUT2D eigenvalue weighted by molar-refractivity contribution is 7.11. The maximum atomic E-state index is 12.4. The summed E-state index contributed by atoms with van der Waals surface area (Å²) in [6, 6.07) is 0.267. The van der Waals surface area contributed by atoms with E-state index in [9.17, 15) is 4.79 Å². The molecule has 1 fully saturated rings. The summed E-state index contributed by atoms with van der Waals surface area (Å²) < 4.78 is 0. The molecular weight excluding hydrogens is 329 g/mol. The lowest BCUT2D eigenvalue weighted by atomic mass is 9.91. The Labute approximate surface area is 143 Å². The first-order valence-corrected chi connectivity index (χ1v) is 7.73. The summed E-state index contributed by atoms with van der Waals surface area (Å²) in [4.78, 5) is 17.6. The van der Waals surface area contributed by atoms with E-state index in [0.29, 0.717) is 5.92 Å². The molecular formula is C14H25Cl2N3OS. The third-order valence-corrected chi connectivity index (χ3v) is 4.41. The molecule has 4 nitrogen and oxygen atoms in total. The molecule has 2 rings (SSSR count). The van der Waals surface area contributed by atoms with Crippen LogP contribution >= 0.6 is 36.2 Å². The molecule has 1 aliphatic rings. The fourth-order valence-corrected chi connectivity index (χ4v) is 3.30. The van der Waals surface area contributed by atoms with Crippen LogP contribution in [0.25, 0.3) is 0 Å². The molecule has 0 aromatic carbocycles. The number of carbonyl (C=O) groups excluding carboxylic acids is 1. The van der Waals surface area contributed by atoms with Crippen molar-refractivity contribution >= 4 is 42.1 Å². The molecule has 21 heavy (non-hydrogen) atoms. The van der Waals surface area contributed by atoms with Crippen LogP contribution in [0.4, 0.5) is 0 Å². The first-order valence-electron chi connectivity index (χ1n) is 6.85. The minimum Gasteiger partial charge on any atom is -0.348 e. The lowest BCUT2D eigenvalue weighted by molar-refractivity contribution is 0.0916. The van der Waals surface area contributed by atoms with Crippen LogP contribution in [0.5, 0.6) is 0 Å². The Morgan fingerprint density at radius 3 is 2.67 bits per heavy atom. The zero-order valence-electron chi connectivity index (χ0n) is 12.9. The van der Waals surface area contributed by atoms with Gasteiger partial charge in [-0.3, -0.25) is 4.79 Å². The van der Waals surface area contributed by atoms with Crippen molar-refractivity contribution in [1.82, 2.24) is 15.6 Å². The number of hydrogen-bond donors (Lipinski definition) is 2. The Bertz CT molecular complexity index is 459. The number of nitrogens with one attached hydrogen (secondary N) is 2. The van der Waals surface area contributed by atoms with Crippen molar-refractivity contribution < 1.29 is 4.79 Å². The number of carbonyl (C=O) groups is 1. The predicted octanol–water partition coefficient (Wildman–Crippen LogP) is 3.01. The summed E-state index contributed by atoms with van der Waals surface area (Å²) in [5.74, 6) is 0.509. The molecule has 2 unspecified atom stereocenters. The maximum absolute atomic E-state index is 12.4. The van der Waals surface area contributed by atoms with Gasteiger partial charge in [0.2, 0.25) is 0 Å². The normalized spacial score (nSPS) is 21.9. The van der Waals surface area contributed by atoms with Crippen molar-refractivity contribution in [3.63, 3.8) is 0 Å². The molecule has 1 saturated heterocycles. The van der Waals surface area contributed by atoms with Gasteiger partial charge in [0.1, 0.15) is 4.88 Å². The quantitative estimate of drug-likeness (QED) is 0.858. The number of amides is 1. The summed E-state index contributed by atoms with van der Waals surface area (Å²) in [7, 11) is 0. The standard InChI is InChI=1S/C14H23N3OS.2ClH/c1-9-7-15-6-5-10(9)17-13(18)11-12(14(2,3)4)16-8-19-11;;/h8-10,15H,5-7H2,1-4H3,(H,17,18);2*1H. The molecule has 7 heteroatoms. The van der Waals surface area contributed by atoms with Crippen molar-refractivity contribution in [2.24, 2.45) is 5.92 Å². The Kier molecular flexibility index (Phi) is 8.18. The Morgan fingerprint density at radius 1 is 1.43 bits per heavy atom. The molecule has 0 spiro atoms. The van der Waals surface area contributed by atoms with E-state index in [2.05, 4.69) is 43.3 Å². The number of piperidine rings is 1. The molecule has 2 N–H and O–H groups in total. The highest BCUT2D eigenvalue weighted by atomic mass is 35.5. The molecule has 1 aromatic heterocycles. The highest BCUT2D eigenvalue weighted by Gasteiger charge is 2.28. The van der Waals surface area contributed by atoms with Gasteiger partial charge in [0, 0.05) is 11.5 Å². The van der Waals surface area contributed by atoms with E-state index in [1.165, 1.54) is 11.3 Å². The SMILES string of the molecule is CC1CNCCC1NC(=O)c1scnc1C(C)(C)C.Cl.Cl. The van der Waals surface area contributed by atoms with Gasteiger partial charge in [0.15, 0.2) is 0 Å². The van der Waals surface area contributed by atoms with Gasteiger partial charge in [0.05, 0.1) is 11.2 Å². The van der Waals surface area contributed by atoms with Gasteiger partial charge < -0.3 is 10.6 Å². The largest absolute Gasteiger partial charge is 0.348 e. The van der Waals surface area contributed by atoms with Crippen molar-refractivity contribution in [1.29, 1.82) is 0 Å². The highest BCUT2D eigenvalue weighted by Crippen LogP contribution is 2.27. The van der Waals surface area contributed by atoms with E-state index in [1.807, 2.05) is 0 Å². The third kappa shape index (κ3) is 5.09. The van der Waals surface area contributed by atoms with E-state index < -0.39 is 0 Å². The molecule has 1 amide bonds. The number of thiazole rings is 1. The number of rotatable bonds is 2. The smallest absolute Gasteiger partial charge is 0.263 e. The molecule has 0 saturated carbocycles. The topological polar surface area (TPSA) is 54.0 Å². The number of nitrogens with zero attached hydrogens (tertiary/aromatic N) is 1. The summed E-state index contributed by atoms with van der Waals surface area (Å²) in [5, 5.41) is 6.52. The maximum Gasteiger partial charge on any atom is 0.263 e. The summed E-state index contributed by atoms with van der Waals surface area (Å²) in [6.45, 7) is 10.4. The van der Waals surface area contributed by atoms with E-state index in [1.54, 1.807) is 5.51 Å². The van der Waals surface area contributed by atoms with Crippen LogP contribution in [0.15, 0.2) is 5.51 Å². The van der Waals surface area contributed by atoms with E-state index >= 15 is 0 Å². The second-order valence-corrected chi connectivity index (χ2v) is 7.18. The monoisotopic (exact) mass is 353 g/mol. The van der Waals surface area contributed by atoms with E-state index in [-0.39, 0.29) is 42.2 Å². The van der Waals surface area contributed by atoms with Gasteiger partial charge in [-0.25, -0.2) is 4.98 Å². The number of halogens is 2. The van der Waals surface area contributed by atoms with Crippen LogP contribution < -0.4 is 10.6 Å². The lowest BCUT2D eigenvalue weighted by Crippen LogP contribution is -2.48. The van der Waals surface area contributed by atoms with Crippen LogP contribution in [0.1, 0.15) is 49.5 Å². The first kappa shape index (κ1) is 20.6. The van der Waals surface area contributed by atoms with Crippen LogP contribution in [0, 0.1) is 5.92 Å². The van der Waals surface area contributed by atoms with Crippen LogP contribution in [0.3, 0.4) is 0 Å². The van der Waals surface area contributed by atoms with Crippen molar-refractivity contribution in [2.75, 3.05) is 13.1 Å². The van der Waals surface area contributed by atoms with Crippen molar-refractivity contribution in [3.05, 3.63) is 16.1 Å². The van der Waals surface area contributed by atoms with Gasteiger partial charge in [-0.1, -0.05) is 27.7 Å². The zero-order chi connectivity index (χ0) is 14.0. The molecule has 2 heterocycles. The minimum atomic E-state index is -0.0909. The Morgan fingerprint density at radius 2 is 2.10 bits per heavy atom. The molecule has 1 aliphatic heterocycles. The molecule has 0 radical (unpaired) electrons. The van der Waals surface area contributed by atoms with Crippen LogP contribution in [-0.2, 0) is 5.41 Å². The zero-order valence-corrected chi connectivity index (χ0v) is 15.4. The third-order valence-electron chi connectivity index (χ3n) is 3.59. The molecule has 0 bridgehead atoms.